The molecule has 1 aromatic heterocycles. The molecule has 0 atom stereocenters. The van der Waals surface area contributed by atoms with Crippen molar-refractivity contribution in [1.29, 1.82) is 0 Å². The minimum Gasteiger partial charge on any atom is -0.381 e. The minimum atomic E-state index is -0.438. The molecule has 0 spiro atoms. The van der Waals surface area contributed by atoms with E-state index in [2.05, 4.69) is 37.6 Å². The molecule has 4 rings (SSSR count). The maximum absolute atomic E-state index is 12.8. The molecule has 2 aliphatic heterocycles. The number of rotatable bonds is 5. The molecule has 2 fully saturated rings. The quantitative estimate of drug-likeness (QED) is 0.712. The Morgan fingerprint density at radius 3 is 2.93 bits per heavy atom. The molecule has 0 unspecified atom stereocenters. The largest absolute Gasteiger partial charge is 0.381 e. The molecule has 0 bridgehead atoms. The number of ether oxygens (including phenoxy) is 1. The number of thiazole rings is 1. The van der Waals surface area contributed by atoms with Crippen molar-refractivity contribution in [3.05, 3.63) is 45.4 Å². The number of urea groups is 1. The van der Waals surface area contributed by atoms with E-state index in [4.69, 9.17) is 4.74 Å². The van der Waals surface area contributed by atoms with Crippen LogP contribution < -0.4 is 15.5 Å². The first-order valence-electron chi connectivity index (χ1n) is 9.20. The zero-order valence-corrected chi connectivity index (χ0v) is 17.6. The molecule has 3 amide bonds. The second kappa shape index (κ2) is 8.18. The third-order valence-electron chi connectivity index (χ3n) is 5.07. The van der Waals surface area contributed by atoms with Gasteiger partial charge in [0.1, 0.15) is 0 Å². The Kier molecular flexibility index (Phi) is 5.65. The first kappa shape index (κ1) is 19.4. The second-order valence-corrected chi connectivity index (χ2v) is 8.69. The van der Waals surface area contributed by atoms with Gasteiger partial charge in [-0.15, -0.1) is 11.3 Å². The van der Waals surface area contributed by atoms with E-state index in [0.717, 1.165) is 22.9 Å². The molecule has 0 radical (unpaired) electrons. The van der Waals surface area contributed by atoms with Crippen LogP contribution >= 0.6 is 27.3 Å². The Bertz CT molecular complexity index is 882. The fourth-order valence-electron chi connectivity index (χ4n) is 3.62. The lowest BCUT2D eigenvalue weighted by molar-refractivity contribution is -0.123. The van der Waals surface area contributed by atoms with Crippen LogP contribution in [0.3, 0.4) is 0 Å². The summed E-state index contributed by atoms with van der Waals surface area (Å²) in [4.78, 5) is 30.7. The van der Waals surface area contributed by atoms with Crippen LogP contribution in [0.2, 0.25) is 0 Å². The van der Waals surface area contributed by atoms with Gasteiger partial charge in [0, 0.05) is 36.2 Å². The zero-order valence-electron chi connectivity index (χ0n) is 15.2. The smallest absolute Gasteiger partial charge is 0.323 e. The molecule has 2 aromatic rings. The van der Waals surface area contributed by atoms with Crippen LogP contribution in [0.15, 0.2) is 34.1 Å². The molecular weight excluding hydrogens is 444 g/mol. The highest BCUT2D eigenvalue weighted by Crippen LogP contribution is 2.33. The van der Waals surface area contributed by atoms with Crippen LogP contribution in [0.1, 0.15) is 24.1 Å². The van der Waals surface area contributed by atoms with E-state index in [-0.39, 0.29) is 18.4 Å². The number of carbonyl (C=O) groups excluding carboxylic acids is 2. The van der Waals surface area contributed by atoms with E-state index in [1.807, 2.05) is 23.6 Å². The van der Waals surface area contributed by atoms with Crippen molar-refractivity contribution < 1.29 is 14.3 Å². The first-order valence-corrected chi connectivity index (χ1v) is 10.9. The topological polar surface area (TPSA) is 83.6 Å². The molecule has 7 nitrogen and oxygen atoms in total. The van der Waals surface area contributed by atoms with Gasteiger partial charge in [-0.2, -0.15) is 0 Å². The van der Waals surface area contributed by atoms with Crippen molar-refractivity contribution >= 4 is 44.3 Å². The van der Waals surface area contributed by atoms with Gasteiger partial charge in [0.2, 0.25) is 5.91 Å². The molecule has 1 aromatic carbocycles. The number of amides is 3. The molecular formula is C19H21BrN4O3S. The predicted molar refractivity (Wildman–Crippen MR) is 111 cm³/mol. The Hall–Kier alpha value is -1.97. The standard InChI is InChI=1S/C19H21BrN4O3S/c20-14-3-1-2-13(10-14)19(4-8-27-9-5-19)23-16(25)11-15-12-28-18(22-15)24-7-6-21-17(24)26/h1-3,10,12H,4-9,11H2,(H,21,26)(H,23,25). The van der Waals surface area contributed by atoms with E-state index in [1.54, 1.807) is 4.90 Å². The summed E-state index contributed by atoms with van der Waals surface area (Å²) in [6.07, 6.45) is 1.64. The highest BCUT2D eigenvalue weighted by atomic mass is 79.9. The fraction of sp³-hybridized carbons (Fsp3) is 0.421. The molecule has 148 valence electrons. The lowest BCUT2D eigenvalue weighted by Gasteiger charge is -2.38. The fourth-order valence-corrected chi connectivity index (χ4v) is 4.87. The number of benzene rings is 1. The Labute approximate surface area is 175 Å². The zero-order chi connectivity index (χ0) is 19.6. The Morgan fingerprint density at radius 1 is 1.39 bits per heavy atom. The lowest BCUT2D eigenvalue weighted by atomic mass is 9.82. The number of carbonyl (C=O) groups is 2. The van der Waals surface area contributed by atoms with Gasteiger partial charge in [-0.1, -0.05) is 28.1 Å². The second-order valence-electron chi connectivity index (χ2n) is 6.93. The molecule has 2 saturated heterocycles. The average molecular weight is 465 g/mol. The van der Waals surface area contributed by atoms with Gasteiger partial charge < -0.3 is 15.4 Å². The van der Waals surface area contributed by atoms with Gasteiger partial charge in [0.05, 0.1) is 17.7 Å². The molecule has 9 heteroatoms. The summed E-state index contributed by atoms with van der Waals surface area (Å²) < 4.78 is 6.51. The molecule has 2 N–H and O–H groups in total. The highest BCUT2D eigenvalue weighted by molar-refractivity contribution is 9.10. The van der Waals surface area contributed by atoms with Crippen molar-refractivity contribution in [2.24, 2.45) is 0 Å². The number of nitrogens with zero attached hydrogens (tertiary/aromatic N) is 2. The number of nitrogens with one attached hydrogen (secondary N) is 2. The summed E-state index contributed by atoms with van der Waals surface area (Å²) in [5.74, 6) is -0.0791. The van der Waals surface area contributed by atoms with Crippen LogP contribution in [0.25, 0.3) is 0 Å². The summed E-state index contributed by atoms with van der Waals surface area (Å²) in [6.45, 7) is 2.44. The lowest BCUT2D eigenvalue weighted by Crippen LogP contribution is -2.50. The van der Waals surface area contributed by atoms with Crippen molar-refractivity contribution in [3.8, 4) is 0 Å². The van der Waals surface area contributed by atoms with Crippen LogP contribution in [0, 0.1) is 0 Å². The van der Waals surface area contributed by atoms with Crippen molar-refractivity contribution in [3.63, 3.8) is 0 Å². The maximum atomic E-state index is 12.8. The van der Waals surface area contributed by atoms with Gasteiger partial charge in [-0.25, -0.2) is 9.78 Å². The van der Waals surface area contributed by atoms with E-state index in [9.17, 15) is 9.59 Å². The number of anilines is 1. The van der Waals surface area contributed by atoms with Crippen molar-refractivity contribution in [1.82, 2.24) is 15.6 Å². The Morgan fingerprint density at radius 2 is 2.21 bits per heavy atom. The van der Waals surface area contributed by atoms with E-state index in [1.165, 1.54) is 11.3 Å². The van der Waals surface area contributed by atoms with Gasteiger partial charge in [0.15, 0.2) is 5.13 Å². The highest BCUT2D eigenvalue weighted by Gasteiger charge is 2.36. The summed E-state index contributed by atoms with van der Waals surface area (Å²) in [7, 11) is 0. The van der Waals surface area contributed by atoms with Gasteiger partial charge in [-0.3, -0.25) is 9.69 Å². The van der Waals surface area contributed by atoms with Gasteiger partial charge in [-0.05, 0) is 30.5 Å². The maximum Gasteiger partial charge on any atom is 0.323 e. The van der Waals surface area contributed by atoms with E-state index in [0.29, 0.717) is 37.1 Å². The summed E-state index contributed by atoms with van der Waals surface area (Å²) in [6, 6.07) is 7.92. The molecule has 2 aliphatic rings. The summed E-state index contributed by atoms with van der Waals surface area (Å²) in [5, 5.41) is 8.48. The van der Waals surface area contributed by atoms with Gasteiger partial charge >= 0.3 is 6.03 Å². The number of hydrogen-bond donors (Lipinski definition) is 2. The van der Waals surface area contributed by atoms with Crippen molar-refractivity contribution in [2.45, 2.75) is 24.8 Å². The minimum absolute atomic E-state index is 0.0791. The molecule has 3 heterocycles. The third kappa shape index (κ3) is 4.06. The first-order chi connectivity index (χ1) is 13.6. The van der Waals surface area contributed by atoms with Crippen LogP contribution in [-0.4, -0.2) is 43.2 Å². The number of halogens is 1. The predicted octanol–water partition coefficient (Wildman–Crippen LogP) is 2.80. The van der Waals surface area contributed by atoms with E-state index >= 15 is 0 Å². The number of aromatic nitrogens is 1. The van der Waals surface area contributed by atoms with Crippen LogP contribution in [0.5, 0.6) is 0 Å². The van der Waals surface area contributed by atoms with Crippen molar-refractivity contribution in [2.75, 3.05) is 31.2 Å². The van der Waals surface area contributed by atoms with E-state index < -0.39 is 5.54 Å². The monoisotopic (exact) mass is 464 g/mol. The Balaban J connectivity index is 1.48. The number of hydrogen-bond acceptors (Lipinski definition) is 5. The molecule has 28 heavy (non-hydrogen) atoms. The average Bonchev–Trinajstić information content (AvgIpc) is 3.31. The van der Waals surface area contributed by atoms with Gasteiger partial charge in [0.25, 0.3) is 0 Å². The summed E-state index contributed by atoms with van der Waals surface area (Å²) >= 11 is 4.91. The molecule has 0 aliphatic carbocycles. The normalized spacial score (nSPS) is 18.8. The van der Waals surface area contributed by atoms with Crippen LogP contribution in [-0.2, 0) is 21.5 Å². The third-order valence-corrected chi connectivity index (χ3v) is 6.48. The SMILES string of the molecule is O=C(Cc1csc(N2CCNC2=O)n1)NC1(c2cccc(Br)c2)CCOCC1. The summed E-state index contributed by atoms with van der Waals surface area (Å²) in [5.41, 5.74) is 1.31. The van der Waals surface area contributed by atoms with Crippen LogP contribution in [0.4, 0.5) is 9.93 Å². The molecule has 0 saturated carbocycles.